The van der Waals surface area contributed by atoms with Crippen LogP contribution in [-0.2, 0) is 25.7 Å². The second-order valence-corrected chi connectivity index (χ2v) is 12.4. The zero-order valence-electron chi connectivity index (χ0n) is 21.3. The average molecular weight is 537 g/mol. The Balaban J connectivity index is 1.38. The van der Waals surface area contributed by atoms with Crippen LogP contribution in [0.3, 0.4) is 0 Å². The van der Waals surface area contributed by atoms with E-state index >= 15 is 0 Å². The summed E-state index contributed by atoms with van der Waals surface area (Å²) in [5.41, 5.74) is 12.7. The Morgan fingerprint density at radius 2 is 1.47 bits per heavy atom. The molecule has 0 spiro atoms. The number of benzene rings is 3. The molecule has 0 fully saturated rings. The second kappa shape index (κ2) is 8.26. The monoisotopic (exact) mass is 536 g/mol. The number of fused-ring (bicyclic) bond motifs is 2. The fourth-order valence-electron chi connectivity index (χ4n) is 7.70. The fourth-order valence-corrected chi connectivity index (χ4v) is 8.82. The van der Waals surface area contributed by atoms with Crippen LogP contribution >= 0.6 is 23.9 Å². The molecular weight excluding hydrogens is 509 g/mol. The predicted octanol–water partition coefficient (Wildman–Crippen LogP) is 4.93. The Morgan fingerprint density at radius 1 is 0.789 bits per heavy atom. The van der Waals surface area contributed by atoms with E-state index in [9.17, 15) is 0 Å². The van der Waals surface area contributed by atoms with Gasteiger partial charge in [-0.15, -0.1) is 12.1 Å². The van der Waals surface area contributed by atoms with E-state index in [2.05, 4.69) is 33.7 Å². The standard InChI is InChI=1S/C30H28N6S2/c1-5-17-13-21(14-18-6-2-10-35(9-1)29(17)18)23-25-27(33-37-31-25)24(28-26(23)32-38-34-28)22-15-19-7-3-11-36-12-4-8-20(16-22)30(19)36/h13-16H,1-12H2. The second-order valence-electron chi connectivity index (χ2n) is 11.3. The van der Waals surface area contributed by atoms with Gasteiger partial charge in [-0.2, -0.15) is 8.75 Å². The molecule has 0 aliphatic carbocycles. The summed E-state index contributed by atoms with van der Waals surface area (Å²) in [5, 5.41) is 4.84. The highest BCUT2D eigenvalue weighted by Gasteiger charge is 2.27. The van der Waals surface area contributed by atoms with Crippen molar-refractivity contribution in [3.05, 3.63) is 72.4 Å². The Morgan fingerprint density at radius 3 is 2.21 bits per heavy atom. The molecule has 1 aromatic heterocycles. The number of anilines is 1. The molecule has 0 amide bonds. The molecule has 4 aromatic rings. The molecule has 0 N–H and O–H groups in total. The first-order valence-corrected chi connectivity index (χ1v) is 15.5. The first-order valence-electron chi connectivity index (χ1n) is 14.1. The van der Waals surface area contributed by atoms with Crippen molar-refractivity contribution in [2.75, 3.05) is 31.1 Å². The molecule has 190 valence electrons. The summed E-state index contributed by atoms with van der Waals surface area (Å²) >= 11 is 2.63. The molecule has 8 heteroatoms. The van der Waals surface area contributed by atoms with Crippen LogP contribution in [0.25, 0.3) is 26.9 Å². The van der Waals surface area contributed by atoms with E-state index in [1.165, 1.54) is 120 Å². The van der Waals surface area contributed by atoms with Gasteiger partial charge in [-0.3, -0.25) is 0 Å². The summed E-state index contributed by atoms with van der Waals surface area (Å²) in [7, 11) is 0. The molecule has 0 saturated carbocycles. The van der Waals surface area contributed by atoms with Gasteiger partial charge < -0.3 is 9.62 Å². The highest BCUT2D eigenvalue weighted by atomic mass is 32.2. The number of aryl methyl sites for hydroxylation is 4. The highest BCUT2D eigenvalue weighted by molar-refractivity contribution is 8.01. The van der Waals surface area contributed by atoms with Gasteiger partial charge in [0.15, 0.2) is 0 Å². The summed E-state index contributed by atoms with van der Waals surface area (Å²) in [4.78, 5) is 2.61. The largest absolute Gasteiger partial charge is 0.609 e. The Kier molecular flexibility index (Phi) is 4.76. The molecule has 0 atom stereocenters. The van der Waals surface area contributed by atoms with E-state index in [1.807, 2.05) is 0 Å². The maximum atomic E-state index is 4.91. The van der Waals surface area contributed by atoms with Gasteiger partial charge in [0.25, 0.3) is 0 Å². The van der Waals surface area contributed by atoms with Crippen molar-refractivity contribution in [2.45, 2.75) is 51.4 Å². The van der Waals surface area contributed by atoms with Crippen molar-refractivity contribution in [1.82, 2.24) is 13.3 Å². The molecule has 0 unspecified atom stereocenters. The normalized spacial score (nSPS) is 19.1. The van der Waals surface area contributed by atoms with Crippen LogP contribution in [0.2, 0.25) is 0 Å². The minimum atomic E-state index is 0.980. The van der Waals surface area contributed by atoms with E-state index in [4.69, 9.17) is 17.9 Å². The molecule has 5 aliphatic heterocycles. The lowest BCUT2D eigenvalue weighted by atomic mass is 9.87. The number of hydrogen-bond donors (Lipinski definition) is 0. The van der Waals surface area contributed by atoms with Gasteiger partial charge in [0, 0.05) is 48.0 Å². The lowest BCUT2D eigenvalue weighted by Crippen LogP contribution is -2.43. The zero-order chi connectivity index (χ0) is 24.8. The van der Waals surface area contributed by atoms with Gasteiger partial charge in [-0.05, 0) is 90.3 Å². The summed E-state index contributed by atoms with van der Waals surface area (Å²) < 4.78 is 22.2. The minimum Gasteiger partial charge on any atom is -0.609 e. The number of rotatable bonds is 1. The summed E-state index contributed by atoms with van der Waals surface area (Å²) in [6.45, 7) is 4.76. The lowest BCUT2D eigenvalue weighted by Gasteiger charge is -2.37. The van der Waals surface area contributed by atoms with Crippen molar-refractivity contribution >= 4 is 46.3 Å². The van der Waals surface area contributed by atoms with Gasteiger partial charge >= 0.3 is 0 Å². The first kappa shape index (κ1) is 21.9. The molecule has 6 nitrogen and oxygen atoms in total. The highest BCUT2D eigenvalue weighted by Crippen LogP contribution is 2.46. The minimum absolute atomic E-state index is 0.980. The van der Waals surface area contributed by atoms with E-state index in [1.54, 1.807) is 0 Å². The van der Waals surface area contributed by atoms with Gasteiger partial charge in [-0.25, -0.2) is 8.97 Å². The Labute approximate surface area is 229 Å². The molecule has 3 aromatic carbocycles. The maximum Gasteiger partial charge on any atom is 0.206 e. The van der Waals surface area contributed by atoms with E-state index in [0.717, 1.165) is 58.5 Å². The molecule has 38 heavy (non-hydrogen) atoms. The number of hydrogen-bond acceptors (Lipinski definition) is 6. The predicted molar refractivity (Wildman–Crippen MR) is 155 cm³/mol. The van der Waals surface area contributed by atoms with Crippen LogP contribution in [0.5, 0.6) is 0 Å². The van der Waals surface area contributed by atoms with Crippen molar-refractivity contribution in [1.29, 1.82) is 0 Å². The average Bonchev–Trinajstić information content (AvgIpc) is 3.62. The third kappa shape index (κ3) is 3.07. The van der Waals surface area contributed by atoms with Crippen LogP contribution in [0, 0.1) is 10.4 Å². The third-order valence-electron chi connectivity index (χ3n) is 9.17. The van der Waals surface area contributed by atoms with Crippen LogP contribution in [-0.4, -0.2) is 34.9 Å². The van der Waals surface area contributed by atoms with Crippen molar-refractivity contribution < 1.29 is 0 Å². The summed E-state index contributed by atoms with van der Waals surface area (Å²) in [6, 6.07) is 9.67. The third-order valence-corrected chi connectivity index (χ3v) is 10.2. The molecule has 0 bridgehead atoms. The molecule has 0 saturated heterocycles. The van der Waals surface area contributed by atoms with Gasteiger partial charge in [0.05, 0.1) is 17.1 Å². The van der Waals surface area contributed by atoms with Crippen LogP contribution in [0.15, 0.2) is 28.7 Å². The Bertz CT molecular complexity index is 1840. The van der Waals surface area contributed by atoms with E-state index in [-0.39, 0.29) is 0 Å². The quantitative estimate of drug-likeness (QED) is 0.256. The van der Waals surface area contributed by atoms with Crippen molar-refractivity contribution in [3.8, 4) is 11.1 Å². The van der Waals surface area contributed by atoms with Gasteiger partial charge in [0.1, 0.15) is 24.1 Å². The summed E-state index contributed by atoms with van der Waals surface area (Å²) in [6.07, 6.45) is 9.52. The molecular formula is C30H28N6S2. The lowest BCUT2D eigenvalue weighted by molar-refractivity contribution is 0.480. The van der Waals surface area contributed by atoms with Crippen LogP contribution in [0.1, 0.15) is 47.9 Å². The smallest absolute Gasteiger partial charge is 0.206 e. The topological polar surface area (TPSA) is 58.5 Å². The van der Waals surface area contributed by atoms with Crippen LogP contribution < -0.4 is 20.2 Å². The molecule has 9 rings (SSSR count). The molecule has 0 radical (unpaired) electrons. The first-order chi connectivity index (χ1) is 18.8. The maximum absolute atomic E-state index is 4.91. The number of aromatic nitrogens is 2. The van der Waals surface area contributed by atoms with Crippen molar-refractivity contribution in [2.24, 2.45) is 4.40 Å². The van der Waals surface area contributed by atoms with Crippen molar-refractivity contribution in [3.63, 3.8) is 0 Å². The fraction of sp³-hybridized carbons (Fsp3) is 0.400. The molecule has 6 heterocycles. The Hall–Kier alpha value is -2.97. The van der Waals surface area contributed by atoms with E-state index < -0.39 is 0 Å². The SMILES string of the molecule is c1c(-c2c3c(c(=c4cc5c6c(c4)CCC[N+]=6CCC5)c4nsnc24)=NS[N-]3)cc2c3c1CCCN3CCC2. The molecule has 5 aliphatic rings. The van der Waals surface area contributed by atoms with Crippen LogP contribution in [0.4, 0.5) is 11.4 Å². The number of nitrogens with zero attached hydrogens (tertiary/aromatic N) is 6. The van der Waals surface area contributed by atoms with E-state index in [0.29, 0.717) is 0 Å². The zero-order valence-corrected chi connectivity index (χ0v) is 22.9. The van der Waals surface area contributed by atoms with Gasteiger partial charge in [-0.1, -0.05) is 5.69 Å². The summed E-state index contributed by atoms with van der Waals surface area (Å²) in [5.74, 6) is 0. The van der Waals surface area contributed by atoms with Gasteiger partial charge in [0.2, 0.25) is 5.36 Å².